The lowest BCUT2D eigenvalue weighted by atomic mass is 10.1. The summed E-state index contributed by atoms with van der Waals surface area (Å²) in [6, 6.07) is 5.16. The van der Waals surface area contributed by atoms with Crippen molar-refractivity contribution in [3.8, 4) is 0 Å². The van der Waals surface area contributed by atoms with Crippen molar-refractivity contribution in [3.05, 3.63) is 29.6 Å². The lowest BCUT2D eigenvalue weighted by molar-refractivity contribution is 0.302. The first-order chi connectivity index (χ1) is 9.58. The smallest absolute Gasteiger partial charge is 0.146 e. The van der Waals surface area contributed by atoms with Crippen molar-refractivity contribution in [2.45, 2.75) is 13.5 Å². The van der Waals surface area contributed by atoms with Gasteiger partial charge >= 0.3 is 0 Å². The van der Waals surface area contributed by atoms with Crippen LogP contribution in [0.4, 0.5) is 10.1 Å². The van der Waals surface area contributed by atoms with Gasteiger partial charge in [0.1, 0.15) is 5.82 Å². The van der Waals surface area contributed by atoms with Gasteiger partial charge in [0, 0.05) is 32.7 Å². The van der Waals surface area contributed by atoms with Crippen LogP contribution in [-0.4, -0.2) is 56.9 Å². The largest absolute Gasteiger partial charge is 0.395 e. The van der Waals surface area contributed by atoms with Gasteiger partial charge in [0.05, 0.1) is 12.3 Å². The predicted octanol–water partition coefficient (Wildman–Crippen LogP) is 1.30. The van der Waals surface area contributed by atoms with Gasteiger partial charge in [-0.05, 0) is 38.7 Å². The molecule has 0 fully saturated rings. The van der Waals surface area contributed by atoms with Crippen molar-refractivity contribution in [3.63, 3.8) is 0 Å². The molecule has 0 aliphatic heterocycles. The molecule has 0 bridgehead atoms. The van der Waals surface area contributed by atoms with Crippen LogP contribution in [-0.2, 0) is 6.54 Å². The van der Waals surface area contributed by atoms with Gasteiger partial charge in [-0.15, -0.1) is 0 Å². The first kappa shape index (κ1) is 16.9. The number of likely N-dealkylation sites (N-methyl/N-ethyl adjacent to an activating group) is 2. The van der Waals surface area contributed by atoms with Crippen molar-refractivity contribution in [2.24, 2.45) is 0 Å². The molecule has 0 spiro atoms. The van der Waals surface area contributed by atoms with Gasteiger partial charge in [-0.3, -0.25) is 0 Å². The number of rotatable bonds is 9. The Kier molecular flexibility index (Phi) is 7.51. The summed E-state index contributed by atoms with van der Waals surface area (Å²) in [5, 5.41) is 12.4. The molecule has 0 saturated carbocycles. The number of benzene rings is 1. The zero-order chi connectivity index (χ0) is 15.0. The second kappa shape index (κ2) is 8.89. The highest BCUT2D eigenvalue weighted by Gasteiger charge is 2.10. The summed E-state index contributed by atoms with van der Waals surface area (Å²) in [6.07, 6.45) is 0. The van der Waals surface area contributed by atoms with E-state index < -0.39 is 0 Å². The molecule has 0 heterocycles. The van der Waals surface area contributed by atoms with E-state index in [0.29, 0.717) is 18.8 Å². The van der Waals surface area contributed by atoms with Crippen LogP contribution in [0.3, 0.4) is 0 Å². The number of anilines is 1. The van der Waals surface area contributed by atoms with Gasteiger partial charge in [-0.25, -0.2) is 4.39 Å². The number of hydrogen-bond acceptors (Lipinski definition) is 4. The molecule has 0 unspecified atom stereocenters. The molecule has 0 radical (unpaired) electrons. The van der Waals surface area contributed by atoms with Crippen molar-refractivity contribution in [1.82, 2.24) is 10.2 Å². The SMILES string of the molecule is CCN(CCO)c1cc(CNCCN(C)C)ccc1F. The predicted molar refractivity (Wildman–Crippen MR) is 81.6 cm³/mol. The Hall–Kier alpha value is -1.17. The molecule has 0 saturated heterocycles. The van der Waals surface area contributed by atoms with E-state index in [0.717, 1.165) is 25.2 Å². The van der Waals surface area contributed by atoms with Crippen molar-refractivity contribution >= 4 is 5.69 Å². The summed E-state index contributed by atoms with van der Waals surface area (Å²) in [6.45, 7) is 5.70. The Morgan fingerprint density at radius 1 is 1.25 bits per heavy atom. The fourth-order valence-corrected chi connectivity index (χ4v) is 2.02. The van der Waals surface area contributed by atoms with Crippen LogP contribution in [0, 0.1) is 5.82 Å². The summed E-state index contributed by atoms with van der Waals surface area (Å²) >= 11 is 0. The molecule has 1 aromatic carbocycles. The monoisotopic (exact) mass is 283 g/mol. The molecule has 114 valence electrons. The Morgan fingerprint density at radius 2 is 2.00 bits per heavy atom. The molecule has 4 nitrogen and oxygen atoms in total. The summed E-state index contributed by atoms with van der Waals surface area (Å²) in [5.74, 6) is -0.239. The molecule has 0 aliphatic carbocycles. The van der Waals surface area contributed by atoms with E-state index in [4.69, 9.17) is 5.11 Å². The summed E-state index contributed by atoms with van der Waals surface area (Å²) in [5.41, 5.74) is 1.62. The summed E-state index contributed by atoms with van der Waals surface area (Å²) in [7, 11) is 4.07. The van der Waals surface area contributed by atoms with Crippen molar-refractivity contribution in [1.29, 1.82) is 0 Å². The zero-order valence-corrected chi connectivity index (χ0v) is 12.7. The van der Waals surface area contributed by atoms with Crippen LogP contribution in [0.25, 0.3) is 0 Å². The number of aliphatic hydroxyl groups is 1. The third kappa shape index (κ3) is 5.45. The average molecular weight is 283 g/mol. The minimum Gasteiger partial charge on any atom is -0.395 e. The van der Waals surface area contributed by atoms with Gasteiger partial charge in [-0.1, -0.05) is 6.07 Å². The van der Waals surface area contributed by atoms with Gasteiger partial charge < -0.3 is 20.2 Å². The van der Waals surface area contributed by atoms with Crippen LogP contribution < -0.4 is 10.2 Å². The normalized spacial score (nSPS) is 11.1. The molecule has 0 aromatic heterocycles. The van der Waals surface area contributed by atoms with E-state index in [1.54, 1.807) is 6.07 Å². The van der Waals surface area contributed by atoms with Gasteiger partial charge in [0.15, 0.2) is 0 Å². The maximum Gasteiger partial charge on any atom is 0.146 e. The third-order valence-electron chi connectivity index (χ3n) is 3.17. The molecule has 0 atom stereocenters. The molecular formula is C15H26FN3O. The molecule has 0 aliphatic rings. The van der Waals surface area contributed by atoms with E-state index in [9.17, 15) is 4.39 Å². The molecule has 1 rings (SSSR count). The molecule has 0 amide bonds. The highest BCUT2D eigenvalue weighted by Crippen LogP contribution is 2.20. The Bertz CT molecular complexity index is 399. The van der Waals surface area contributed by atoms with Crippen LogP contribution in [0.5, 0.6) is 0 Å². The molecular weight excluding hydrogens is 257 g/mol. The standard InChI is InChI=1S/C15H26FN3O/c1-4-19(9-10-20)15-11-13(5-6-14(15)16)12-17-7-8-18(2)3/h5-6,11,17,20H,4,7-10,12H2,1-3H3. The van der Waals surface area contributed by atoms with Crippen LogP contribution in [0.15, 0.2) is 18.2 Å². The summed E-state index contributed by atoms with van der Waals surface area (Å²) in [4.78, 5) is 3.96. The highest BCUT2D eigenvalue weighted by molar-refractivity contribution is 5.50. The van der Waals surface area contributed by atoms with Crippen molar-refractivity contribution < 1.29 is 9.50 Å². The first-order valence-electron chi connectivity index (χ1n) is 7.08. The molecule has 20 heavy (non-hydrogen) atoms. The van der Waals surface area contributed by atoms with E-state index in [2.05, 4.69) is 10.2 Å². The lowest BCUT2D eigenvalue weighted by Gasteiger charge is -2.23. The van der Waals surface area contributed by atoms with E-state index in [1.807, 2.05) is 32.0 Å². The molecule has 2 N–H and O–H groups in total. The fraction of sp³-hybridized carbons (Fsp3) is 0.600. The second-order valence-electron chi connectivity index (χ2n) is 5.07. The van der Waals surface area contributed by atoms with Crippen molar-refractivity contribution in [2.75, 3.05) is 51.8 Å². The maximum atomic E-state index is 13.9. The number of hydrogen-bond donors (Lipinski definition) is 2. The Balaban J connectivity index is 2.65. The number of nitrogens with one attached hydrogen (secondary N) is 1. The quantitative estimate of drug-likeness (QED) is 0.670. The number of aliphatic hydroxyl groups excluding tert-OH is 1. The van der Waals surface area contributed by atoms with E-state index >= 15 is 0 Å². The minimum atomic E-state index is -0.239. The fourth-order valence-electron chi connectivity index (χ4n) is 2.02. The van der Waals surface area contributed by atoms with Gasteiger partial charge in [-0.2, -0.15) is 0 Å². The maximum absolute atomic E-state index is 13.9. The van der Waals surface area contributed by atoms with Gasteiger partial charge in [0.2, 0.25) is 0 Å². The van der Waals surface area contributed by atoms with Crippen LogP contribution in [0.1, 0.15) is 12.5 Å². The topological polar surface area (TPSA) is 38.7 Å². The average Bonchev–Trinajstić information content (AvgIpc) is 2.42. The lowest BCUT2D eigenvalue weighted by Crippen LogP contribution is -2.28. The summed E-state index contributed by atoms with van der Waals surface area (Å²) < 4.78 is 13.9. The molecule has 1 aromatic rings. The van der Waals surface area contributed by atoms with Gasteiger partial charge in [0.25, 0.3) is 0 Å². The minimum absolute atomic E-state index is 0.0264. The third-order valence-corrected chi connectivity index (χ3v) is 3.17. The van der Waals surface area contributed by atoms with Crippen LogP contribution >= 0.6 is 0 Å². The number of nitrogens with zero attached hydrogens (tertiary/aromatic N) is 2. The molecule has 5 heteroatoms. The highest BCUT2D eigenvalue weighted by atomic mass is 19.1. The number of halogens is 1. The Morgan fingerprint density at radius 3 is 2.60 bits per heavy atom. The van der Waals surface area contributed by atoms with E-state index in [-0.39, 0.29) is 12.4 Å². The van der Waals surface area contributed by atoms with Crippen LogP contribution in [0.2, 0.25) is 0 Å². The first-order valence-corrected chi connectivity index (χ1v) is 7.08. The Labute approximate surface area is 121 Å². The second-order valence-corrected chi connectivity index (χ2v) is 5.07. The van der Waals surface area contributed by atoms with E-state index in [1.165, 1.54) is 6.07 Å². The zero-order valence-electron chi connectivity index (χ0n) is 12.7.